The molecule has 0 aliphatic carbocycles. The quantitative estimate of drug-likeness (QED) is 0.168. The summed E-state index contributed by atoms with van der Waals surface area (Å²) in [5.74, 6) is 1.84. The molecule has 3 aromatic heterocycles. The molecule has 0 aliphatic heterocycles. The second-order valence-electron chi connectivity index (χ2n) is 15.9. The molecule has 0 saturated heterocycles. The van der Waals surface area contributed by atoms with Gasteiger partial charge in [-0.25, -0.2) is 15.0 Å². The Bertz CT molecular complexity index is 3870. The number of aromatic nitrogens is 4. The summed E-state index contributed by atoms with van der Waals surface area (Å²) in [7, 11) is 0. The minimum atomic E-state index is 0.605. The first-order valence-electron chi connectivity index (χ1n) is 20.9. The molecule has 3 heterocycles. The summed E-state index contributed by atoms with van der Waals surface area (Å²) < 4.78 is 8.99. The lowest BCUT2D eigenvalue weighted by molar-refractivity contribution is 0.669. The Hall–Kier alpha value is -8.41. The van der Waals surface area contributed by atoms with Crippen molar-refractivity contribution in [3.05, 3.63) is 206 Å². The third kappa shape index (κ3) is 5.32. The maximum absolute atomic E-state index is 6.60. The van der Waals surface area contributed by atoms with Crippen LogP contribution in [-0.4, -0.2) is 19.5 Å². The van der Waals surface area contributed by atoms with E-state index in [-0.39, 0.29) is 0 Å². The molecule has 0 amide bonds. The van der Waals surface area contributed by atoms with Gasteiger partial charge in [0.15, 0.2) is 17.5 Å². The van der Waals surface area contributed by atoms with Gasteiger partial charge in [0, 0.05) is 43.9 Å². The van der Waals surface area contributed by atoms with Crippen molar-refractivity contribution in [3.63, 3.8) is 0 Å². The van der Waals surface area contributed by atoms with E-state index in [0.717, 1.165) is 66.5 Å². The van der Waals surface area contributed by atoms with Gasteiger partial charge in [0.2, 0.25) is 0 Å². The Morgan fingerprint density at radius 1 is 0.290 bits per heavy atom. The van der Waals surface area contributed by atoms with Crippen LogP contribution in [0.15, 0.2) is 211 Å². The lowest BCUT2D eigenvalue weighted by Crippen LogP contribution is -2.01. The van der Waals surface area contributed by atoms with E-state index >= 15 is 0 Å². The van der Waals surface area contributed by atoms with E-state index in [1.165, 1.54) is 43.4 Å². The van der Waals surface area contributed by atoms with E-state index in [9.17, 15) is 0 Å². The van der Waals surface area contributed by atoms with Crippen LogP contribution in [0.2, 0.25) is 0 Å². The molecule has 0 unspecified atom stereocenters. The minimum Gasteiger partial charge on any atom is -0.456 e. The molecule has 5 nitrogen and oxygen atoms in total. The van der Waals surface area contributed by atoms with Crippen LogP contribution in [0.3, 0.4) is 0 Å². The van der Waals surface area contributed by atoms with Gasteiger partial charge in [0.1, 0.15) is 11.2 Å². The second-order valence-corrected chi connectivity index (χ2v) is 15.9. The van der Waals surface area contributed by atoms with Gasteiger partial charge in [-0.3, -0.25) is 0 Å². The molecule has 13 aromatic rings. The Morgan fingerprint density at radius 3 is 1.47 bits per heavy atom. The summed E-state index contributed by atoms with van der Waals surface area (Å²) in [6, 6.07) is 72.6. The van der Waals surface area contributed by atoms with Crippen molar-refractivity contribution in [2.24, 2.45) is 0 Å². The van der Waals surface area contributed by atoms with Crippen molar-refractivity contribution in [3.8, 4) is 62.1 Å². The highest BCUT2D eigenvalue weighted by Crippen LogP contribution is 2.47. The molecule has 62 heavy (non-hydrogen) atoms. The Balaban J connectivity index is 1.01. The van der Waals surface area contributed by atoms with E-state index in [1.54, 1.807) is 0 Å². The largest absolute Gasteiger partial charge is 0.456 e. The molecule has 0 radical (unpaired) electrons. The fourth-order valence-electron chi connectivity index (χ4n) is 9.62. The molecule has 0 aliphatic rings. The van der Waals surface area contributed by atoms with Gasteiger partial charge in [-0.05, 0) is 92.3 Å². The number of fused-ring (bicyclic) bond motifs is 3. The zero-order valence-corrected chi connectivity index (χ0v) is 33.3. The fourth-order valence-corrected chi connectivity index (χ4v) is 9.62. The molecule has 288 valence electrons. The van der Waals surface area contributed by atoms with Gasteiger partial charge in [-0.1, -0.05) is 158 Å². The molecule has 0 atom stereocenters. The molecule has 0 N–H and O–H groups in total. The van der Waals surface area contributed by atoms with Crippen LogP contribution < -0.4 is 0 Å². The lowest BCUT2D eigenvalue weighted by Gasteiger charge is -2.12. The number of benzene rings is 9. The fraction of sp³-hybridized carbons (Fsp3) is 0. The third-order valence-corrected chi connectivity index (χ3v) is 12.4. The standard InChI is InChI=1S/C57H34N4O/c1-3-14-35(15-4-1)37-18-9-19-38(32-37)39-20-10-21-40(33-39)56-58-55(36-16-5-2-6-17-36)59-57(60-56)41-22-11-23-42(34-41)61-47-28-12-26-45-43-24-7-8-25-44(43)46-27-13-29-49-52(46)54-50(62-49)31-30-48(61)53(54)51(45)47/h1-34H. The number of rotatable bonds is 6. The van der Waals surface area contributed by atoms with E-state index in [4.69, 9.17) is 19.4 Å². The molecule has 13 rings (SSSR count). The van der Waals surface area contributed by atoms with Gasteiger partial charge in [0.05, 0.1) is 11.0 Å². The van der Waals surface area contributed by atoms with Crippen molar-refractivity contribution >= 4 is 65.3 Å². The Morgan fingerprint density at radius 2 is 0.758 bits per heavy atom. The number of hydrogen-bond donors (Lipinski definition) is 0. The van der Waals surface area contributed by atoms with Crippen LogP contribution in [0.4, 0.5) is 0 Å². The van der Waals surface area contributed by atoms with Gasteiger partial charge in [-0.15, -0.1) is 0 Å². The van der Waals surface area contributed by atoms with Crippen molar-refractivity contribution in [2.45, 2.75) is 0 Å². The highest BCUT2D eigenvalue weighted by molar-refractivity contribution is 6.38. The van der Waals surface area contributed by atoms with Gasteiger partial charge in [-0.2, -0.15) is 0 Å². The summed E-state index contributed by atoms with van der Waals surface area (Å²) in [5.41, 5.74) is 12.4. The van der Waals surface area contributed by atoms with E-state index in [0.29, 0.717) is 17.5 Å². The topological polar surface area (TPSA) is 56.7 Å². The van der Waals surface area contributed by atoms with E-state index < -0.39 is 0 Å². The minimum absolute atomic E-state index is 0.605. The molecular formula is C57H34N4O. The summed E-state index contributed by atoms with van der Waals surface area (Å²) in [4.78, 5) is 15.5. The number of nitrogens with zero attached hydrogens (tertiary/aromatic N) is 4. The van der Waals surface area contributed by atoms with Crippen LogP contribution in [0, 0.1) is 0 Å². The highest BCUT2D eigenvalue weighted by atomic mass is 16.3. The molecule has 0 spiro atoms. The maximum Gasteiger partial charge on any atom is 0.164 e. The first-order valence-corrected chi connectivity index (χ1v) is 20.9. The first kappa shape index (κ1) is 34.5. The zero-order chi connectivity index (χ0) is 40.7. The van der Waals surface area contributed by atoms with Crippen LogP contribution in [0.5, 0.6) is 0 Å². The predicted octanol–water partition coefficient (Wildman–Crippen LogP) is 14.9. The lowest BCUT2D eigenvalue weighted by atomic mass is 9.95. The average molecular weight is 791 g/mol. The van der Waals surface area contributed by atoms with Crippen molar-refractivity contribution in [1.82, 2.24) is 19.5 Å². The average Bonchev–Trinajstić information content (AvgIpc) is 3.90. The first-order chi connectivity index (χ1) is 30.7. The van der Waals surface area contributed by atoms with Crippen molar-refractivity contribution in [1.29, 1.82) is 0 Å². The van der Waals surface area contributed by atoms with Gasteiger partial charge in [0.25, 0.3) is 0 Å². The predicted molar refractivity (Wildman–Crippen MR) is 255 cm³/mol. The van der Waals surface area contributed by atoms with Crippen molar-refractivity contribution in [2.75, 3.05) is 0 Å². The van der Waals surface area contributed by atoms with Crippen LogP contribution in [0.1, 0.15) is 0 Å². The zero-order valence-electron chi connectivity index (χ0n) is 33.3. The summed E-state index contributed by atoms with van der Waals surface area (Å²) in [6.07, 6.45) is 0. The summed E-state index contributed by atoms with van der Waals surface area (Å²) in [6.45, 7) is 0. The molecular weight excluding hydrogens is 757 g/mol. The highest BCUT2D eigenvalue weighted by Gasteiger charge is 2.23. The van der Waals surface area contributed by atoms with Gasteiger partial charge >= 0.3 is 0 Å². The SMILES string of the molecule is c1ccc(-c2cccc(-c3cccc(-c4nc(-c5ccccc5)nc(-c5cccc(-n6c7cccc8c9ccccc9c9cccc%10oc%11ccc6c(c%11c%109)c87)c5)n4)c3)c2)cc1. The van der Waals surface area contributed by atoms with E-state index in [1.807, 2.05) is 24.3 Å². The second kappa shape index (κ2) is 13.6. The van der Waals surface area contributed by atoms with Crippen LogP contribution >= 0.6 is 0 Å². The van der Waals surface area contributed by atoms with Crippen molar-refractivity contribution < 1.29 is 4.42 Å². The Labute approximate surface area is 356 Å². The number of furan rings is 1. The molecule has 10 aromatic carbocycles. The van der Waals surface area contributed by atoms with Crippen LogP contribution in [-0.2, 0) is 0 Å². The third-order valence-electron chi connectivity index (χ3n) is 12.4. The summed E-state index contributed by atoms with van der Waals surface area (Å²) >= 11 is 0. The smallest absolute Gasteiger partial charge is 0.164 e. The van der Waals surface area contributed by atoms with Crippen LogP contribution in [0.25, 0.3) is 127 Å². The molecule has 0 saturated carbocycles. The summed E-state index contributed by atoms with van der Waals surface area (Å²) in [5, 5.41) is 9.53. The molecule has 0 bridgehead atoms. The van der Waals surface area contributed by atoms with E-state index in [2.05, 4.69) is 187 Å². The molecule has 5 heteroatoms. The van der Waals surface area contributed by atoms with Gasteiger partial charge < -0.3 is 8.98 Å². The maximum atomic E-state index is 6.60. The Kier molecular flexibility index (Phi) is 7.54. The molecule has 0 fully saturated rings. The number of hydrogen-bond acceptors (Lipinski definition) is 4. The normalized spacial score (nSPS) is 11.9. The monoisotopic (exact) mass is 790 g/mol.